The molecule has 0 unspecified atom stereocenters. The second kappa shape index (κ2) is 6.36. The molecule has 0 spiro atoms. The summed E-state index contributed by atoms with van der Waals surface area (Å²) >= 11 is 0. The second-order valence-corrected chi connectivity index (χ2v) is 9.17. The summed E-state index contributed by atoms with van der Waals surface area (Å²) < 4.78 is 0. The van der Waals surface area contributed by atoms with Crippen molar-refractivity contribution in [1.82, 2.24) is 0 Å². The van der Waals surface area contributed by atoms with Crippen molar-refractivity contribution < 1.29 is 19.2 Å². The largest absolute Gasteiger partial charge is 0.391 e. The van der Waals surface area contributed by atoms with Gasteiger partial charge in [-0.1, -0.05) is 35.0 Å². The molecule has 4 aliphatic rings. The van der Waals surface area contributed by atoms with Gasteiger partial charge in [0.25, 0.3) is 0 Å². The van der Waals surface area contributed by atoms with Crippen molar-refractivity contribution in [2.75, 3.05) is 4.90 Å². The molecule has 2 aliphatic heterocycles. The Morgan fingerprint density at radius 1 is 0.935 bits per heavy atom. The smallest absolute Gasteiger partial charge is 0.238 e. The molecule has 1 saturated heterocycles. The maximum atomic E-state index is 13.4. The monoisotopic (exact) mass is 414 g/mol. The van der Waals surface area contributed by atoms with Crippen LogP contribution in [0.3, 0.4) is 0 Å². The lowest BCUT2D eigenvalue weighted by atomic mass is 9.71. The van der Waals surface area contributed by atoms with E-state index in [-0.39, 0.29) is 53.3 Å². The van der Waals surface area contributed by atoms with Crippen LogP contribution in [0.15, 0.2) is 53.7 Å². The minimum Gasteiger partial charge on any atom is -0.391 e. The van der Waals surface area contributed by atoms with Crippen LogP contribution in [0, 0.1) is 36.5 Å². The van der Waals surface area contributed by atoms with E-state index in [0.29, 0.717) is 11.3 Å². The molecule has 31 heavy (non-hydrogen) atoms. The van der Waals surface area contributed by atoms with E-state index in [1.54, 1.807) is 24.3 Å². The molecule has 2 bridgehead atoms. The van der Waals surface area contributed by atoms with Crippen LogP contribution in [0.5, 0.6) is 0 Å². The van der Waals surface area contributed by atoms with E-state index in [2.05, 4.69) is 17.3 Å². The summed E-state index contributed by atoms with van der Waals surface area (Å²) in [7, 11) is 0. The van der Waals surface area contributed by atoms with Crippen LogP contribution in [-0.2, 0) is 14.4 Å². The molecule has 6 heteroatoms. The molecule has 0 aromatic heterocycles. The Labute approximate surface area is 179 Å². The lowest BCUT2D eigenvalue weighted by Crippen LogP contribution is -2.41. The molecule has 2 saturated carbocycles. The van der Waals surface area contributed by atoms with Crippen LogP contribution < -0.4 is 4.90 Å². The number of aryl methyl sites for hydroxylation is 1. The van der Waals surface area contributed by atoms with Crippen molar-refractivity contribution in [3.05, 3.63) is 65.2 Å². The van der Waals surface area contributed by atoms with Crippen molar-refractivity contribution in [3.63, 3.8) is 0 Å². The third kappa shape index (κ3) is 2.44. The van der Waals surface area contributed by atoms with E-state index in [4.69, 9.17) is 4.84 Å². The molecule has 0 radical (unpaired) electrons. The quantitative estimate of drug-likeness (QED) is 0.570. The Morgan fingerprint density at radius 3 is 2.23 bits per heavy atom. The summed E-state index contributed by atoms with van der Waals surface area (Å²) in [5.41, 5.74) is 4.20. The van der Waals surface area contributed by atoms with Gasteiger partial charge >= 0.3 is 0 Å². The van der Waals surface area contributed by atoms with Gasteiger partial charge in [-0.15, -0.1) is 0 Å². The third-order valence-corrected chi connectivity index (χ3v) is 7.57. The highest BCUT2D eigenvalue weighted by Gasteiger charge is 2.70. The first-order valence-electron chi connectivity index (χ1n) is 10.8. The van der Waals surface area contributed by atoms with Gasteiger partial charge in [-0.05, 0) is 56.0 Å². The van der Waals surface area contributed by atoms with Crippen LogP contribution in [0.25, 0.3) is 0 Å². The number of carbonyl (C=O) groups is 3. The topological polar surface area (TPSA) is 76.0 Å². The normalized spacial score (nSPS) is 32.7. The molecule has 3 fully saturated rings. The number of fused-ring (bicyclic) bond motifs is 8. The summed E-state index contributed by atoms with van der Waals surface area (Å²) in [6, 6.07) is 14.9. The lowest BCUT2D eigenvalue weighted by molar-refractivity contribution is -0.125. The van der Waals surface area contributed by atoms with E-state index in [9.17, 15) is 14.4 Å². The number of hydrogen-bond donors (Lipinski definition) is 0. The number of hydrogen-bond acceptors (Lipinski definition) is 5. The minimum atomic E-state index is -0.348. The zero-order chi connectivity index (χ0) is 21.4. The van der Waals surface area contributed by atoms with Gasteiger partial charge in [0, 0.05) is 17.4 Å². The van der Waals surface area contributed by atoms with Gasteiger partial charge in [-0.3, -0.25) is 19.3 Å². The predicted octanol–water partition coefficient (Wildman–Crippen LogP) is 3.37. The van der Waals surface area contributed by atoms with Crippen LogP contribution in [0.2, 0.25) is 0 Å². The third-order valence-electron chi connectivity index (χ3n) is 7.57. The highest BCUT2D eigenvalue weighted by Crippen LogP contribution is 2.62. The van der Waals surface area contributed by atoms with Crippen molar-refractivity contribution in [2.45, 2.75) is 26.4 Å². The van der Waals surface area contributed by atoms with Gasteiger partial charge < -0.3 is 4.84 Å². The first-order valence-corrected chi connectivity index (χ1v) is 10.8. The molecule has 0 N–H and O–H groups in total. The number of oxime groups is 1. The highest BCUT2D eigenvalue weighted by atomic mass is 16.6. The van der Waals surface area contributed by atoms with Crippen LogP contribution in [0.4, 0.5) is 5.69 Å². The van der Waals surface area contributed by atoms with Crippen molar-refractivity contribution in [1.29, 1.82) is 0 Å². The number of amides is 2. The summed E-state index contributed by atoms with van der Waals surface area (Å²) in [4.78, 5) is 45.5. The molecule has 6 atom stereocenters. The Balaban J connectivity index is 1.32. The molecule has 2 aromatic rings. The Morgan fingerprint density at radius 2 is 1.58 bits per heavy atom. The second-order valence-electron chi connectivity index (χ2n) is 9.17. The molecular formula is C25H22N2O4. The van der Waals surface area contributed by atoms with E-state index < -0.39 is 0 Å². The maximum Gasteiger partial charge on any atom is 0.238 e. The van der Waals surface area contributed by atoms with Gasteiger partial charge in [-0.25, -0.2) is 0 Å². The predicted molar refractivity (Wildman–Crippen MR) is 114 cm³/mol. The zero-order valence-electron chi connectivity index (χ0n) is 17.3. The average molecular weight is 414 g/mol. The Hall–Kier alpha value is -3.28. The van der Waals surface area contributed by atoms with Gasteiger partial charge in [0.15, 0.2) is 5.78 Å². The summed E-state index contributed by atoms with van der Waals surface area (Å²) in [5.74, 6) is -0.901. The van der Waals surface area contributed by atoms with E-state index in [0.717, 1.165) is 17.7 Å². The Bertz CT molecular complexity index is 1150. The fourth-order valence-electron chi connectivity index (χ4n) is 6.19. The fourth-order valence-corrected chi connectivity index (χ4v) is 6.19. The number of ketones is 1. The fraction of sp³-hybridized carbons (Fsp3) is 0.360. The van der Waals surface area contributed by atoms with Crippen LogP contribution in [-0.4, -0.2) is 29.4 Å². The van der Waals surface area contributed by atoms with Gasteiger partial charge in [0.05, 0.1) is 23.2 Å². The van der Waals surface area contributed by atoms with Gasteiger partial charge in [0.2, 0.25) is 11.8 Å². The molecule has 2 aliphatic carbocycles. The summed E-state index contributed by atoms with van der Waals surface area (Å²) in [6.07, 6.45) is 0.684. The molecule has 6 nitrogen and oxygen atoms in total. The number of imide groups is 1. The maximum absolute atomic E-state index is 13.4. The number of rotatable bonds is 3. The highest BCUT2D eigenvalue weighted by molar-refractivity contribution is 6.23. The number of carbonyl (C=O) groups excluding carboxylic acids is 3. The van der Waals surface area contributed by atoms with Crippen molar-refractivity contribution in [3.8, 4) is 0 Å². The van der Waals surface area contributed by atoms with Gasteiger partial charge in [-0.2, -0.15) is 0 Å². The van der Waals surface area contributed by atoms with Crippen molar-refractivity contribution >= 4 is 29.0 Å². The van der Waals surface area contributed by atoms with Gasteiger partial charge in [0.1, 0.15) is 6.10 Å². The van der Waals surface area contributed by atoms with Crippen molar-refractivity contribution in [2.24, 2.45) is 34.7 Å². The molecule has 156 valence electrons. The molecule has 2 heterocycles. The zero-order valence-corrected chi connectivity index (χ0v) is 17.3. The molecular weight excluding hydrogens is 392 g/mol. The first-order chi connectivity index (χ1) is 15.0. The minimum absolute atomic E-state index is 0.00430. The standard InChI is InChI=1S/C25H22N2O4/c1-12-3-5-15(6-4-12)22-21-17-11-18(23(21)31-26-22)20-19(17)24(29)27(25(20)30)16-9-7-14(8-10-16)13(2)28/h3-10,17-21,23H,11H2,1-2H3/t17-,18-,19-,20-,21-,23+/m1/s1. The number of nitrogens with zero attached hydrogens (tertiary/aromatic N) is 2. The molecule has 2 amide bonds. The average Bonchev–Trinajstić information content (AvgIpc) is 3.49. The Kier molecular flexibility index (Phi) is 3.79. The number of benzene rings is 2. The van der Waals surface area contributed by atoms with Crippen LogP contribution in [0.1, 0.15) is 34.8 Å². The SMILES string of the molecule is CC(=O)c1ccc(N2C(=O)[C@@H]3[C@H]4C[C@@H]([C@@H]5ON=C(c6ccc(C)cc6)[C@@H]45)[C@H]3C2=O)cc1. The van der Waals surface area contributed by atoms with E-state index in [1.807, 2.05) is 19.1 Å². The van der Waals surface area contributed by atoms with E-state index >= 15 is 0 Å². The van der Waals surface area contributed by atoms with E-state index in [1.165, 1.54) is 17.4 Å². The summed E-state index contributed by atoms with van der Waals surface area (Å²) in [5, 5.41) is 4.39. The van der Waals surface area contributed by atoms with Crippen LogP contribution >= 0.6 is 0 Å². The lowest BCUT2D eigenvalue weighted by Gasteiger charge is -2.29. The number of anilines is 1. The molecule has 6 rings (SSSR count). The summed E-state index contributed by atoms with van der Waals surface area (Å²) in [6.45, 7) is 3.54. The molecule has 2 aromatic carbocycles. The first kappa shape index (κ1) is 18.5. The number of Topliss-reactive ketones (excluding diaryl/α,β-unsaturated/α-hetero) is 1.